The van der Waals surface area contributed by atoms with Crippen molar-refractivity contribution in [2.45, 2.75) is 12.8 Å². The van der Waals surface area contributed by atoms with Gasteiger partial charge in [0.2, 0.25) is 5.95 Å². The maximum absolute atomic E-state index is 13.4. The summed E-state index contributed by atoms with van der Waals surface area (Å²) in [6.07, 6.45) is 7.77. The van der Waals surface area contributed by atoms with Crippen molar-refractivity contribution in [1.82, 2.24) is 20.3 Å². The molecule has 2 aromatic carbocycles. The molecule has 33 heavy (non-hydrogen) atoms. The fourth-order valence-corrected chi connectivity index (χ4v) is 4.36. The van der Waals surface area contributed by atoms with E-state index in [0.717, 1.165) is 40.8 Å². The molecule has 0 fully saturated rings. The first-order chi connectivity index (χ1) is 16.2. The van der Waals surface area contributed by atoms with Gasteiger partial charge in [0, 0.05) is 47.6 Å². The summed E-state index contributed by atoms with van der Waals surface area (Å²) in [5.41, 5.74) is 5.57. The second kappa shape index (κ2) is 9.72. The third-order valence-corrected chi connectivity index (χ3v) is 6.27. The Hall–Kier alpha value is -3.23. The molecule has 6 nitrogen and oxygen atoms in total. The minimum Gasteiger partial charge on any atom is -0.369 e. The minimum absolute atomic E-state index is 0.221. The maximum atomic E-state index is 13.4. The van der Waals surface area contributed by atoms with Crippen LogP contribution in [0.1, 0.15) is 17.5 Å². The lowest BCUT2D eigenvalue weighted by Gasteiger charge is -2.14. The average Bonchev–Trinajstić information content (AvgIpc) is 3.25. The summed E-state index contributed by atoms with van der Waals surface area (Å²) in [6, 6.07) is 12.9. The van der Waals surface area contributed by atoms with E-state index in [1.807, 2.05) is 12.1 Å². The van der Waals surface area contributed by atoms with Crippen molar-refractivity contribution in [3.05, 3.63) is 82.4 Å². The second-order valence-electron chi connectivity index (χ2n) is 7.97. The lowest BCUT2D eigenvalue weighted by molar-refractivity contribution is 0.625. The van der Waals surface area contributed by atoms with Crippen molar-refractivity contribution >= 4 is 49.9 Å². The summed E-state index contributed by atoms with van der Waals surface area (Å²) < 4.78 is 14.2. The number of nitrogens with zero attached hydrogens (tertiary/aromatic N) is 2. The molecule has 0 saturated heterocycles. The fraction of sp³-hybridized carbons (Fsp3) is 0.200. The van der Waals surface area contributed by atoms with E-state index in [0.29, 0.717) is 24.7 Å². The summed E-state index contributed by atoms with van der Waals surface area (Å²) in [4.78, 5) is 12.4. The van der Waals surface area contributed by atoms with Gasteiger partial charge in [-0.25, -0.2) is 9.37 Å². The molecule has 5 rings (SSSR count). The first kappa shape index (κ1) is 21.6. The van der Waals surface area contributed by atoms with Crippen molar-refractivity contribution in [3.8, 4) is 0 Å². The monoisotopic (exact) mass is 506 g/mol. The van der Waals surface area contributed by atoms with Crippen LogP contribution in [-0.4, -0.2) is 34.6 Å². The zero-order valence-electron chi connectivity index (χ0n) is 18.0. The maximum Gasteiger partial charge on any atom is 0.229 e. The van der Waals surface area contributed by atoms with Gasteiger partial charge in [0.15, 0.2) is 0 Å². The molecule has 0 radical (unpaired) electrons. The molecule has 4 N–H and O–H groups in total. The lowest BCUT2D eigenvalue weighted by atomic mass is 9.99. The molecule has 1 aliphatic heterocycles. The van der Waals surface area contributed by atoms with E-state index in [4.69, 9.17) is 0 Å². The van der Waals surface area contributed by atoms with Gasteiger partial charge < -0.3 is 20.9 Å². The van der Waals surface area contributed by atoms with Crippen LogP contribution in [0.5, 0.6) is 0 Å². The van der Waals surface area contributed by atoms with Gasteiger partial charge in [-0.05, 0) is 76.8 Å². The Balaban J connectivity index is 1.31. The number of anilines is 3. The highest BCUT2D eigenvalue weighted by molar-refractivity contribution is 9.10. The number of H-pyrrole nitrogens is 1. The first-order valence-electron chi connectivity index (χ1n) is 10.9. The number of aromatic amines is 1. The molecule has 0 bridgehead atoms. The van der Waals surface area contributed by atoms with Gasteiger partial charge in [0.25, 0.3) is 0 Å². The van der Waals surface area contributed by atoms with E-state index in [1.165, 1.54) is 22.6 Å². The van der Waals surface area contributed by atoms with Gasteiger partial charge in [-0.2, -0.15) is 4.98 Å². The number of hydrogen-bond acceptors (Lipinski definition) is 5. The molecule has 1 aliphatic rings. The van der Waals surface area contributed by atoms with Crippen LogP contribution in [0.25, 0.3) is 16.5 Å². The molecule has 2 aromatic heterocycles. The van der Waals surface area contributed by atoms with Crippen LogP contribution >= 0.6 is 15.9 Å². The standard InChI is InChI=1S/C25H24BrFN6/c26-22-15-31-25(33-24(22)29-11-6-16-2-1-3-18(27)12-16)32-19-4-5-23-20(13-19)21(14-30-23)17-7-9-28-10-8-17/h1-5,7,12-15,28,30H,6,8-11H2,(H2,29,31,32,33). The summed E-state index contributed by atoms with van der Waals surface area (Å²) in [6.45, 7) is 2.53. The molecular weight excluding hydrogens is 483 g/mol. The molecule has 0 unspecified atom stereocenters. The predicted molar refractivity (Wildman–Crippen MR) is 135 cm³/mol. The van der Waals surface area contributed by atoms with Crippen molar-refractivity contribution in [1.29, 1.82) is 0 Å². The van der Waals surface area contributed by atoms with Gasteiger partial charge >= 0.3 is 0 Å². The molecule has 168 valence electrons. The Labute approximate surface area is 199 Å². The molecular formula is C25H24BrFN6. The molecule has 0 amide bonds. The van der Waals surface area contributed by atoms with Gasteiger partial charge in [-0.15, -0.1) is 0 Å². The highest BCUT2D eigenvalue weighted by Crippen LogP contribution is 2.31. The number of aromatic nitrogens is 3. The molecule has 0 atom stereocenters. The van der Waals surface area contributed by atoms with Crippen molar-refractivity contribution in [2.75, 3.05) is 30.3 Å². The van der Waals surface area contributed by atoms with Crippen LogP contribution in [0.2, 0.25) is 0 Å². The quantitative estimate of drug-likeness (QED) is 0.261. The Morgan fingerprint density at radius 1 is 1.15 bits per heavy atom. The van der Waals surface area contributed by atoms with Gasteiger partial charge in [0.05, 0.1) is 4.47 Å². The lowest BCUT2D eigenvalue weighted by Crippen LogP contribution is -2.19. The number of halogens is 2. The third-order valence-electron chi connectivity index (χ3n) is 5.69. The summed E-state index contributed by atoms with van der Waals surface area (Å²) in [5, 5.41) is 11.2. The van der Waals surface area contributed by atoms with Crippen LogP contribution in [-0.2, 0) is 6.42 Å². The van der Waals surface area contributed by atoms with Crippen LogP contribution in [0.4, 0.5) is 21.8 Å². The Morgan fingerprint density at radius 3 is 2.94 bits per heavy atom. The summed E-state index contributed by atoms with van der Waals surface area (Å²) >= 11 is 3.50. The zero-order chi connectivity index (χ0) is 22.6. The van der Waals surface area contributed by atoms with Crippen molar-refractivity contribution in [2.24, 2.45) is 0 Å². The Morgan fingerprint density at radius 2 is 2.09 bits per heavy atom. The second-order valence-corrected chi connectivity index (χ2v) is 8.82. The van der Waals surface area contributed by atoms with E-state index >= 15 is 0 Å². The van der Waals surface area contributed by atoms with Crippen LogP contribution in [0.3, 0.4) is 0 Å². The van der Waals surface area contributed by atoms with E-state index in [1.54, 1.807) is 18.3 Å². The van der Waals surface area contributed by atoms with Gasteiger partial charge in [-0.1, -0.05) is 18.2 Å². The number of hydrogen-bond donors (Lipinski definition) is 4. The van der Waals surface area contributed by atoms with Crippen molar-refractivity contribution < 1.29 is 4.39 Å². The van der Waals surface area contributed by atoms with E-state index in [9.17, 15) is 4.39 Å². The van der Waals surface area contributed by atoms with Crippen LogP contribution in [0, 0.1) is 5.82 Å². The SMILES string of the molecule is Fc1cccc(CCNc2nc(Nc3ccc4[nH]cc(C5=CCNCC5)c4c3)ncc2Br)c1. The molecule has 4 aromatic rings. The summed E-state index contributed by atoms with van der Waals surface area (Å²) in [5.74, 6) is 0.970. The predicted octanol–water partition coefficient (Wildman–Crippen LogP) is 5.63. The van der Waals surface area contributed by atoms with Crippen molar-refractivity contribution in [3.63, 3.8) is 0 Å². The largest absolute Gasteiger partial charge is 0.369 e. The van der Waals surface area contributed by atoms with Gasteiger partial charge in [-0.3, -0.25) is 0 Å². The zero-order valence-corrected chi connectivity index (χ0v) is 19.5. The minimum atomic E-state index is -0.221. The topological polar surface area (TPSA) is 77.7 Å². The molecule has 0 spiro atoms. The average molecular weight is 507 g/mol. The molecule has 8 heteroatoms. The fourth-order valence-electron chi connectivity index (χ4n) is 4.03. The van der Waals surface area contributed by atoms with Crippen LogP contribution < -0.4 is 16.0 Å². The molecule has 0 saturated carbocycles. The highest BCUT2D eigenvalue weighted by Gasteiger charge is 2.12. The summed E-state index contributed by atoms with van der Waals surface area (Å²) in [7, 11) is 0. The number of fused-ring (bicyclic) bond motifs is 1. The number of nitrogens with one attached hydrogen (secondary N) is 4. The Kier molecular flexibility index (Phi) is 6.37. The molecule has 0 aliphatic carbocycles. The first-order valence-corrected chi connectivity index (χ1v) is 11.7. The molecule has 3 heterocycles. The number of rotatable bonds is 7. The third kappa shape index (κ3) is 5.07. The van der Waals surface area contributed by atoms with Gasteiger partial charge in [0.1, 0.15) is 11.6 Å². The van der Waals surface area contributed by atoms with E-state index < -0.39 is 0 Å². The smallest absolute Gasteiger partial charge is 0.229 e. The highest BCUT2D eigenvalue weighted by atomic mass is 79.9. The van der Waals surface area contributed by atoms with E-state index in [2.05, 4.69) is 71.2 Å². The van der Waals surface area contributed by atoms with E-state index in [-0.39, 0.29) is 5.82 Å². The number of benzene rings is 2. The van der Waals surface area contributed by atoms with Crippen LogP contribution in [0.15, 0.2) is 65.4 Å². The Bertz CT molecular complexity index is 1320. The normalized spacial score (nSPS) is 13.7.